The fourth-order valence-electron chi connectivity index (χ4n) is 4.76. The molecule has 0 aliphatic carbocycles. The lowest BCUT2D eigenvalue weighted by molar-refractivity contribution is -0.116. The number of aryl methyl sites for hydroxylation is 2. The van der Waals surface area contributed by atoms with E-state index in [-0.39, 0.29) is 18.0 Å². The Bertz CT molecular complexity index is 1440. The smallest absolute Gasteiger partial charge is 0.226 e. The van der Waals surface area contributed by atoms with Gasteiger partial charge in [-0.3, -0.25) is 9.78 Å². The molecule has 3 heterocycles. The SMILES string of the molecule is Cc1cc(-n2cccc2[C@H]2[C@H](c3ccccn3)NC(=S)N2CCC(=O)Nc2ccccc2C)ccc1Cl. The summed E-state index contributed by atoms with van der Waals surface area (Å²) < 4.78 is 2.15. The number of amides is 1. The monoisotopic (exact) mass is 529 g/mol. The van der Waals surface area contributed by atoms with Crippen molar-refractivity contribution < 1.29 is 4.79 Å². The summed E-state index contributed by atoms with van der Waals surface area (Å²) in [6.07, 6.45) is 4.12. The lowest BCUT2D eigenvalue weighted by atomic mass is 10.0. The van der Waals surface area contributed by atoms with E-state index >= 15 is 0 Å². The summed E-state index contributed by atoms with van der Waals surface area (Å²) in [6, 6.07) is 23.4. The van der Waals surface area contributed by atoms with Crippen LogP contribution in [0.3, 0.4) is 0 Å². The first kappa shape index (κ1) is 25.0. The largest absolute Gasteiger partial charge is 0.352 e. The maximum absolute atomic E-state index is 12.9. The Kier molecular flexibility index (Phi) is 7.26. The number of nitrogens with one attached hydrogen (secondary N) is 2. The van der Waals surface area contributed by atoms with Gasteiger partial charge in [-0.25, -0.2) is 0 Å². The Morgan fingerprint density at radius 2 is 1.86 bits per heavy atom. The number of aromatic nitrogens is 2. The summed E-state index contributed by atoms with van der Waals surface area (Å²) in [4.78, 5) is 19.6. The zero-order valence-electron chi connectivity index (χ0n) is 20.7. The van der Waals surface area contributed by atoms with E-state index in [2.05, 4.69) is 37.2 Å². The summed E-state index contributed by atoms with van der Waals surface area (Å²) >= 11 is 12.1. The van der Waals surface area contributed by atoms with Gasteiger partial charge in [0.15, 0.2) is 5.11 Å². The van der Waals surface area contributed by atoms with Crippen LogP contribution in [0.15, 0.2) is 85.2 Å². The molecule has 0 radical (unpaired) electrons. The van der Waals surface area contributed by atoms with Crippen molar-refractivity contribution >= 4 is 40.5 Å². The van der Waals surface area contributed by atoms with Gasteiger partial charge in [-0.1, -0.05) is 35.9 Å². The first-order chi connectivity index (χ1) is 17.9. The Morgan fingerprint density at radius 3 is 2.62 bits per heavy atom. The van der Waals surface area contributed by atoms with Crippen LogP contribution >= 0.6 is 23.8 Å². The number of hydrogen-bond donors (Lipinski definition) is 2. The number of carbonyl (C=O) groups is 1. The quantitative estimate of drug-likeness (QED) is 0.281. The van der Waals surface area contributed by atoms with E-state index in [9.17, 15) is 4.79 Å². The standard InChI is InChI=1S/C29H28ClN5OS/c1-19-8-3-4-9-23(19)32-26(36)14-17-35-28(27(33-29(35)37)24-10-5-6-15-31-24)25-11-7-16-34(25)21-12-13-22(30)20(2)18-21/h3-13,15-16,18,27-28H,14,17H2,1-2H3,(H,32,36)(H,33,37)/t27-,28-/m0/s1. The summed E-state index contributed by atoms with van der Waals surface area (Å²) in [6.45, 7) is 4.44. The Hall–Kier alpha value is -3.68. The van der Waals surface area contributed by atoms with E-state index in [1.165, 1.54) is 0 Å². The highest BCUT2D eigenvalue weighted by molar-refractivity contribution is 7.80. The van der Waals surface area contributed by atoms with Crippen LogP contribution in [0.4, 0.5) is 5.69 Å². The third-order valence-electron chi connectivity index (χ3n) is 6.70. The summed E-state index contributed by atoms with van der Waals surface area (Å²) in [5, 5.41) is 7.83. The number of rotatable bonds is 7. The van der Waals surface area contributed by atoms with Gasteiger partial charge in [0.25, 0.3) is 0 Å². The average molecular weight is 530 g/mol. The molecule has 1 aliphatic heterocycles. The second kappa shape index (κ2) is 10.7. The first-order valence-corrected chi connectivity index (χ1v) is 13.0. The highest BCUT2D eigenvalue weighted by Crippen LogP contribution is 2.39. The van der Waals surface area contributed by atoms with Crippen LogP contribution in [-0.2, 0) is 4.79 Å². The molecule has 37 heavy (non-hydrogen) atoms. The maximum atomic E-state index is 12.9. The van der Waals surface area contributed by atoms with E-state index in [0.717, 1.165) is 38.9 Å². The van der Waals surface area contributed by atoms with E-state index < -0.39 is 0 Å². The van der Waals surface area contributed by atoms with Gasteiger partial charge >= 0.3 is 0 Å². The second-order valence-electron chi connectivity index (χ2n) is 9.17. The van der Waals surface area contributed by atoms with Gasteiger partial charge in [-0.2, -0.15) is 0 Å². The van der Waals surface area contributed by atoms with Crippen LogP contribution in [0.5, 0.6) is 0 Å². The molecule has 2 aromatic heterocycles. The van der Waals surface area contributed by atoms with Crippen molar-refractivity contribution in [2.45, 2.75) is 32.4 Å². The number of para-hydroxylation sites is 1. The van der Waals surface area contributed by atoms with E-state index in [1.54, 1.807) is 6.20 Å². The molecule has 2 aromatic carbocycles. The molecule has 6 nitrogen and oxygen atoms in total. The molecule has 1 amide bonds. The molecule has 0 bridgehead atoms. The molecule has 0 saturated carbocycles. The fourth-order valence-corrected chi connectivity index (χ4v) is 5.21. The van der Waals surface area contributed by atoms with Crippen molar-refractivity contribution in [2.75, 3.05) is 11.9 Å². The topological polar surface area (TPSA) is 62.2 Å². The zero-order chi connectivity index (χ0) is 25.9. The average Bonchev–Trinajstić information content (AvgIpc) is 3.50. The van der Waals surface area contributed by atoms with Gasteiger partial charge in [-0.05, 0) is 85.7 Å². The summed E-state index contributed by atoms with van der Waals surface area (Å²) in [5.74, 6) is -0.0548. The van der Waals surface area contributed by atoms with Crippen molar-refractivity contribution in [3.63, 3.8) is 0 Å². The lowest BCUT2D eigenvalue weighted by Crippen LogP contribution is -2.33. The van der Waals surface area contributed by atoms with Crippen LogP contribution in [-0.4, -0.2) is 32.0 Å². The fraction of sp³-hybridized carbons (Fsp3) is 0.207. The molecule has 4 aromatic rings. The minimum atomic E-state index is -0.171. The van der Waals surface area contributed by atoms with Crippen LogP contribution < -0.4 is 10.6 Å². The minimum Gasteiger partial charge on any atom is -0.352 e. The van der Waals surface area contributed by atoms with Crippen molar-refractivity contribution in [3.8, 4) is 5.69 Å². The predicted octanol–water partition coefficient (Wildman–Crippen LogP) is 6.14. The number of halogens is 1. The first-order valence-electron chi connectivity index (χ1n) is 12.2. The van der Waals surface area contributed by atoms with Crippen LogP contribution in [0, 0.1) is 13.8 Å². The van der Waals surface area contributed by atoms with Gasteiger partial charge < -0.3 is 20.1 Å². The number of nitrogens with zero attached hydrogens (tertiary/aromatic N) is 3. The molecular weight excluding hydrogens is 502 g/mol. The molecule has 8 heteroatoms. The van der Waals surface area contributed by atoms with Crippen molar-refractivity contribution in [2.24, 2.45) is 0 Å². The molecular formula is C29H28ClN5OS. The summed E-state index contributed by atoms with van der Waals surface area (Å²) in [7, 11) is 0. The maximum Gasteiger partial charge on any atom is 0.226 e. The van der Waals surface area contributed by atoms with Crippen LogP contribution in [0.2, 0.25) is 5.02 Å². The Morgan fingerprint density at radius 1 is 1.05 bits per heavy atom. The third kappa shape index (κ3) is 5.24. The molecule has 1 aliphatic rings. The Labute approximate surface area is 227 Å². The zero-order valence-corrected chi connectivity index (χ0v) is 22.3. The second-order valence-corrected chi connectivity index (χ2v) is 9.96. The summed E-state index contributed by atoms with van der Waals surface area (Å²) in [5.41, 5.74) is 5.80. The number of thiocarbonyl (C=S) groups is 1. The molecule has 0 unspecified atom stereocenters. The lowest BCUT2D eigenvalue weighted by Gasteiger charge is -2.29. The van der Waals surface area contributed by atoms with Gasteiger partial charge in [0, 0.05) is 47.5 Å². The number of anilines is 1. The highest BCUT2D eigenvalue weighted by Gasteiger charge is 2.41. The number of carbonyl (C=O) groups excluding carboxylic acids is 1. The van der Waals surface area contributed by atoms with E-state index in [4.69, 9.17) is 23.8 Å². The van der Waals surface area contributed by atoms with Crippen LogP contribution in [0.25, 0.3) is 5.69 Å². The molecule has 0 spiro atoms. The predicted molar refractivity (Wildman–Crippen MR) is 152 cm³/mol. The van der Waals surface area contributed by atoms with Crippen molar-refractivity contribution in [3.05, 3.63) is 113 Å². The molecule has 1 fully saturated rings. The van der Waals surface area contributed by atoms with Gasteiger partial charge in [0.05, 0.1) is 17.8 Å². The van der Waals surface area contributed by atoms with Gasteiger partial charge in [-0.15, -0.1) is 0 Å². The van der Waals surface area contributed by atoms with E-state index in [1.807, 2.05) is 80.7 Å². The third-order valence-corrected chi connectivity index (χ3v) is 7.48. The molecule has 5 rings (SSSR count). The Balaban J connectivity index is 1.46. The normalized spacial score (nSPS) is 17.1. The van der Waals surface area contributed by atoms with Crippen LogP contribution in [0.1, 0.15) is 41.0 Å². The number of pyridine rings is 1. The van der Waals surface area contributed by atoms with Gasteiger partial charge in [0.2, 0.25) is 5.91 Å². The van der Waals surface area contributed by atoms with Crippen molar-refractivity contribution in [1.82, 2.24) is 19.8 Å². The number of benzene rings is 2. The van der Waals surface area contributed by atoms with E-state index in [0.29, 0.717) is 18.1 Å². The molecule has 2 atom stereocenters. The van der Waals surface area contributed by atoms with Crippen molar-refractivity contribution in [1.29, 1.82) is 0 Å². The molecule has 2 N–H and O–H groups in total. The van der Waals surface area contributed by atoms with Gasteiger partial charge in [0.1, 0.15) is 0 Å². The molecule has 188 valence electrons. The minimum absolute atomic E-state index is 0.0548. The highest BCUT2D eigenvalue weighted by atomic mass is 35.5. The molecule has 1 saturated heterocycles. The number of hydrogen-bond acceptors (Lipinski definition) is 3.